The summed E-state index contributed by atoms with van der Waals surface area (Å²) in [6.07, 6.45) is 1.61. The lowest BCUT2D eigenvalue weighted by Crippen LogP contribution is -2.28. The van der Waals surface area contributed by atoms with Crippen molar-refractivity contribution in [2.24, 2.45) is 11.5 Å². The van der Waals surface area contributed by atoms with Gasteiger partial charge in [-0.2, -0.15) is 0 Å². The standard InChI is InChI=1S/C14H16N2O2/c1-5-3-7-9(5)11(13(15)17)8-4-6(2)10(7)12(8)14(16)18/h5-6H,3-4H2,1-2H3,(H2,15,17)(H2,16,18). The lowest BCUT2D eigenvalue weighted by Gasteiger charge is -2.32. The second-order valence-electron chi connectivity index (χ2n) is 5.47. The minimum absolute atomic E-state index is 0.261. The molecule has 2 aliphatic carbocycles. The van der Waals surface area contributed by atoms with Gasteiger partial charge < -0.3 is 11.5 Å². The zero-order valence-corrected chi connectivity index (χ0v) is 10.5. The van der Waals surface area contributed by atoms with Crippen molar-refractivity contribution in [3.05, 3.63) is 33.4 Å². The van der Waals surface area contributed by atoms with Crippen LogP contribution in [0.1, 0.15) is 68.7 Å². The third-order valence-electron chi connectivity index (χ3n) is 4.29. The number of primary amides is 2. The molecule has 0 saturated heterocycles. The first-order valence-electron chi connectivity index (χ1n) is 6.24. The minimum atomic E-state index is -0.436. The van der Waals surface area contributed by atoms with Gasteiger partial charge in [0.25, 0.3) is 0 Å². The van der Waals surface area contributed by atoms with Crippen molar-refractivity contribution in [1.82, 2.24) is 0 Å². The van der Waals surface area contributed by atoms with Crippen LogP contribution in [0.5, 0.6) is 0 Å². The van der Waals surface area contributed by atoms with E-state index in [2.05, 4.69) is 13.8 Å². The molecule has 0 aliphatic heterocycles. The summed E-state index contributed by atoms with van der Waals surface area (Å²) in [6, 6.07) is 0. The zero-order valence-electron chi connectivity index (χ0n) is 10.5. The Labute approximate surface area is 105 Å². The summed E-state index contributed by atoms with van der Waals surface area (Å²) in [4.78, 5) is 23.4. The zero-order chi connectivity index (χ0) is 13.2. The van der Waals surface area contributed by atoms with E-state index in [-0.39, 0.29) is 5.92 Å². The molecule has 4 heteroatoms. The molecule has 0 radical (unpaired) electrons. The maximum Gasteiger partial charge on any atom is 0.249 e. The molecular formula is C14H16N2O2. The van der Waals surface area contributed by atoms with E-state index in [9.17, 15) is 9.59 Å². The van der Waals surface area contributed by atoms with E-state index in [1.165, 1.54) is 0 Å². The molecule has 0 fully saturated rings. The highest BCUT2D eigenvalue weighted by Crippen LogP contribution is 2.50. The quantitative estimate of drug-likeness (QED) is 0.819. The smallest absolute Gasteiger partial charge is 0.249 e. The summed E-state index contributed by atoms with van der Waals surface area (Å²) in [7, 11) is 0. The van der Waals surface area contributed by atoms with Gasteiger partial charge in [0.2, 0.25) is 11.8 Å². The molecule has 94 valence electrons. The van der Waals surface area contributed by atoms with E-state index in [0.717, 1.165) is 28.7 Å². The summed E-state index contributed by atoms with van der Waals surface area (Å²) in [5.41, 5.74) is 16.1. The first kappa shape index (κ1) is 11.3. The Bertz CT molecular complexity index is 605. The molecule has 3 rings (SSSR count). The topological polar surface area (TPSA) is 86.2 Å². The number of benzene rings is 1. The molecule has 0 heterocycles. The fraction of sp³-hybridized carbons (Fsp3) is 0.429. The average molecular weight is 244 g/mol. The molecule has 2 atom stereocenters. The molecule has 0 spiro atoms. The Hall–Kier alpha value is -1.84. The second kappa shape index (κ2) is 3.34. The van der Waals surface area contributed by atoms with E-state index in [1.807, 2.05) is 0 Å². The molecule has 2 aliphatic rings. The lowest BCUT2D eigenvalue weighted by molar-refractivity contribution is 0.0997. The van der Waals surface area contributed by atoms with E-state index >= 15 is 0 Å². The van der Waals surface area contributed by atoms with E-state index < -0.39 is 11.8 Å². The Balaban J connectivity index is 2.40. The van der Waals surface area contributed by atoms with Crippen molar-refractivity contribution in [1.29, 1.82) is 0 Å². The van der Waals surface area contributed by atoms with E-state index in [4.69, 9.17) is 11.5 Å². The number of amides is 2. The highest BCUT2D eigenvalue weighted by molar-refractivity contribution is 6.05. The van der Waals surface area contributed by atoms with Crippen molar-refractivity contribution < 1.29 is 9.59 Å². The molecule has 0 aromatic heterocycles. The molecule has 2 unspecified atom stereocenters. The highest BCUT2D eigenvalue weighted by Gasteiger charge is 2.41. The molecule has 4 N–H and O–H groups in total. The third kappa shape index (κ3) is 1.15. The highest BCUT2D eigenvalue weighted by atomic mass is 16.1. The van der Waals surface area contributed by atoms with Crippen LogP contribution in [0.4, 0.5) is 0 Å². The predicted molar refractivity (Wildman–Crippen MR) is 67.7 cm³/mol. The van der Waals surface area contributed by atoms with E-state index in [1.54, 1.807) is 0 Å². The van der Waals surface area contributed by atoms with Gasteiger partial charge in [0.1, 0.15) is 0 Å². The number of carbonyl (C=O) groups excluding carboxylic acids is 2. The van der Waals surface area contributed by atoms with Gasteiger partial charge in [-0.05, 0) is 46.9 Å². The summed E-state index contributed by atoms with van der Waals surface area (Å²) in [6.45, 7) is 4.16. The van der Waals surface area contributed by atoms with Crippen molar-refractivity contribution in [2.45, 2.75) is 38.5 Å². The first-order valence-corrected chi connectivity index (χ1v) is 6.24. The van der Waals surface area contributed by atoms with Gasteiger partial charge in [-0.3, -0.25) is 9.59 Å². The second-order valence-corrected chi connectivity index (χ2v) is 5.47. The van der Waals surface area contributed by atoms with Crippen LogP contribution in [0, 0.1) is 0 Å². The van der Waals surface area contributed by atoms with Crippen molar-refractivity contribution in [3.8, 4) is 0 Å². The Morgan fingerprint density at radius 3 is 1.67 bits per heavy atom. The Morgan fingerprint density at radius 1 is 0.889 bits per heavy atom. The number of fused-ring (bicyclic) bond motifs is 4. The van der Waals surface area contributed by atoms with Gasteiger partial charge in [-0.15, -0.1) is 0 Å². The molecule has 1 aromatic carbocycles. The molecule has 2 amide bonds. The maximum atomic E-state index is 11.7. The number of hydrogen-bond acceptors (Lipinski definition) is 2. The van der Waals surface area contributed by atoms with Crippen LogP contribution in [-0.2, 0) is 12.8 Å². The van der Waals surface area contributed by atoms with Crippen molar-refractivity contribution in [2.75, 3.05) is 0 Å². The summed E-state index contributed by atoms with van der Waals surface area (Å²) in [5.74, 6) is -0.255. The molecule has 4 nitrogen and oxygen atoms in total. The summed E-state index contributed by atoms with van der Waals surface area (Å²) in [5, 5.41) is 0. The van der Waals surface area contributed by atoms with Gasteiger partial charge in [0.15, 0.2) is 0 Å². The van der Waals surface area contributed by atoms with Crippen LogP contribution in [0.25, 0.3) is 0 Å². The maximum absolute atomic E-state index is 11.7. The van der Waals surface area contributed by atoms with Crippen LogP contribution in [-0.4, -0.2) is 11.8 Å². The van der Waals surface area contributed by atoms with Crippen LogP contribution < -0.4 is 11.5 Å². The van der Waals surface area contributed by atoms with Crippen LogP contribution >= 0.6 is 0 Å². The molecular weight excluding hydrogens is 228 g/mol. The fourth-order valence-corrected chi connectivity index (χ4v) is 3.66. The third-order valence-corrected chi connectivity index (χ3v) is 4.29. The van der Waals surface area contributed by atoms with Gasteiger partial charge in [0, 0.05) is 11.1 Å². The Kier molecular flexibility index (Phi) is 2.09. The minimum Gasteiger partial charge on any atom is -0.366 e. The number of nitrogens with two attached hydrogens (primary N) is 2. The Morgan fingerprint density at radius 2 is 1.28 bits per heavy atom. The number of carbonyl (C=O) groups is 2. The SMILES string of the molecule is CC1Cc2c(C(N)=O)c1c1c(c2C(N)=O)C(C)C1. The monoisotopic (exact) mass is 244 g/mol. The van der Waals surface area contributed by atoms with Crippen molar-refractivity contribution in [3.63, 3.8) is 0 Å². The summed E-state index contributed by atoms with van der Waals surface area (Å²) < 4.78 is 0. The first-order chi connectivity index (χ1) is 8.43. The van der Waals surface area contributed by atoms with Crippen molar-refractivity contribution >= 4 is 11.8 Å². The molecule has 18 heavy (non-hydrogen) atoms. The normalized spacial score (nSPS) is 23.4. The lowest BCUT2D eigenvalue weighted by atomic mass is 9.71. The van der Waals surface area contributed by atoms with Crippen LogP contribution in [0.2, 0.25) is 0 Å². The largest absolute Gasteiger partial charge is 0.366 e. The fourth-order valence-electron chi connectivity index (χ4n) is 3.66. The van der Waals surface area contributed by atoms with Gasteiger partial charge in [-0.1, -0.05) is 13.8 Å². The number of rotatable bonds is 2. The van der Waals surface area contributed by atoms with E-state index in [0.29, 0.717) is 23.5 Å². The summed E-state index contributed by atoms with van der Waals surface area (Å²) >= 11 is 0. The van der Waals surface area contributed by atoms with Gasteiger partial charge in [0.05, 0.1) is 0 Å². The molecule has 0 saturated carbocycles. The van der Waals surface area contributed by atoms with Gasteiger partial charge >= 0.3 is 0 Å². The molecule has 1 aromatic rings. The molecule has 2 bridgehead atoms. The van der Waals surface area contributed by atoms with Gasteiger partial charge in [-0.25, -0.2) is 0 Å². The average Bonchev–Trinajstić information content (AvgIpc) is 2.54. The predicted octanol–water partition coefficient (Wildman–Crippen LogP) is 1.20. The van der Waals surface area contributed by atoms with Crippen LogP contribution in [0.3, 0.4) is 0 Å². The van der Waals surface area contributed by atoms with Crippen LogP contribution in [0.15, 0.2) is 0 Å². The number of hydrogen-bond donors (Lipinski definition) is 2.